The van der Waals surface area contributed by atoms with Crippen LogP contribution in [0.3, 0.4) is 0 Å². The summed E-state index contributed by atoms with van der Waals surface area (Å²) < 4.78 is 0. The number of aromatic nitrogens is 5. The minimum atomic E-state index is -0.877. The molecule has 0 spiro atoms. The molecule has 1 unspecified atom stereocenters. The second kappa shape index (κ2) is 10.2. The van der Waals surface area contributed by atoms with Crippen LogP contribution in [-0.2, 0) is 17.6 Å². The smallest absolute Gasteiger partial charge is 0.326 e. The highest BCUT2D eigenvalue weighted by Crippen LogP contribution is 2.21. The Morgan fingerprint density at radius 1 is 1.16 bits per heavy atom. The maximum Gasteiger partial charge on any atom is 0.326 e. The summed E-state index contributed by atoms with van der Waals surface area (Å²) in [5, 5.41) is 22.7. The van der Waals surface area contributed by atoms with Crippen molar-refractivity contribution in [2.24, 2.45) is 0 Å². The van der Waals surface area contributed by atoms with Crippen LogP contribution in [0.4, 0.5) is 11.6 Å². The molecular formula is C22H29N7O2. The minimum Gasteiger partial charge on any atom is -0.480 e. The van der Waals surface area contributed by atoms with E-state index < -0.39 is 12.0 Å². The Kier molecular flexibility index (Phi) is 6.91. The van der Waals surface area contributed by atoms with Crippen molar-refractivity contribution in [3.8, 4) is 0 Å². The molecule has 0 saturated heterocycles. The number of H-pyrrole nitrogens is 1. The molecule has 1 aliphatic rings. The predicted octanol–water partition coefficient (Wildman–Crippen LogP) is 3.55. The maximum atomic E-state index is 11.7. The van der Waals surface area contributed by atoms with Gasteiger partial charge in [-0.25, -0.2) is 19.7 Å². The van der Waals surface area contributed by atoms with Gasteiger partial charge < -0.3 is 15.7 Å². The Balaban J connectivity index is 1.16. The van der Waals surface area contributed by atoms with Crippen LogP contribution >= 0.6 is 0 Å². The van der Waals surface area contributed by atoms with Gasteiger partial charge >= 0.3 is 5.97 Å². The topological polar surface area (TPSA) is 129 Å². The van der Waals surface area contributed by atoms with Gasteiger partial charge in [0.1, 0.15) is 29.2 Å². The molecule has 1 aliphatic heterocycles. The summed E-state index contributed by atoms with van der Waals surface area (Å²) in [5.74, 6) is 0.660. The number of aliphatic carboxylic acids is 1. The van der Waals surface area contributed by atoms with Crippen LogP contribution in [0.25, 0.3) is 11.0 Å². The quantitative estimate of drug-likeness (QED) is 0.345. The van der Waals surface area contributed by atoms with E-state index in [0.29, 0.717) is 23.3 Å². The first-order valence-corrected chi connectivity index (χ1v) is 11.1. The highest BCUT2D eigenvalue weighted by Gasteiger charge is 2.19. The number of carbonyl (C=O) groups is 1. The standard InChI is InChI=1S/C22H29N7O2/c30-22(31)17(28-21-19-18(13-26-29-19)24-14-25-21)9-5-3-1-2-4-8-16-11-10-15-7-6-12-23-20(15)27-16/h10-11,13-14,17H,1-9,12H2,(H,23,27)(H,26,29)(H,30,31)(H,24,25,28). The van der Waals surface area contributed by atoms with E-state index in [4.69, 9.17) is 4.98 Å². The molecule has 9 heteroatoms. The first-order chi connectivity index (χ1) is 15.2. The van der Waals surface area contributed by atoms with Crippen LogP contribution in [0.5, 0.6) is 0 Å². The number of rotatable bonds is 11. The van der Waals surface area contributed by atoms with E-state index in [9.17, 15) is 9.90 Å². The van der Waals surface area contributed by atoms with Gasteiger partial charge in [0.15, 0.2) is 5.82 Å². The summed E-state index contributed by atoms with van der Waals surface area (Å²) in [4.78, 5) is 24.7. The second-order valence-corrected chi connectivity index (χ2v) is 8.03. The van der Waals surface area contributed by atoms with Gasteiger partial charge in [-0.2, -0.15) is 5.10 Å². The fourth-order valence-electron chi connectivity index (χ4n) is 3.99. The summed E-state index contributed by atoms with van der Waals surface area (Å²) in [7, 11) is 0. The molecule has 4 N–H and O–H groups in total. The number of pyridine rings is 1. The van der Waals surface area contributed by atoms with Crippen molar-refractivity contribution in [2.45, 2.75) is 63.8 Å². The normalized spacial score (nSPS) is 14.1. The molecule has 0 amide bonds. The van der Waals surface area contributed by atoms with Crippen molar-refractivity contribution in [3.63, 3.8) is 0 Å². The number of nitrogens with zero attached hydrogens (tertiary/aromatic N) is 4. The lowest BCUT2D eigenvalue weighted by Gasteiger charge is -2.17. The van der Waals surface area contributed by atoms with E-state index in [2.05, 4.69) is 42.9 Å². The zero-order chi connectivity index (χ0) is 21.5. The van der Waals surface area contributed by atoms with E-state index in [-0.39, 0.29) is 0 Å². The lowest BCUT2D eigenvalue weighted by atomic mass is 10.0. The van der Waals surface area contributed by atoms with Crippen LogP contribution in [0, 0.1) is 0 Å². The number of hydrogen-bond donors (Lipinski definition) is 4. The second-order valence-electron chi connectivity index (χ2n) is 8.03. The van der Waals surface area contributed by atoms with Gasteiger partial charge in [-0.05, 0) is 43.7 Å². The highest BCUT2D eigenvalue weighted by atomic mass is 16.4. The first-order valence-electron chi connectivity index (χ1n) is 11.1. The predicted molar refractivity (Wildman–Crippen MR) is 119 cm³/mol. The average Bonchev–Trinajstić information content (AvgIpc) is 3.27. The zero-order valence-electron chi connectivity index (χ0n) is 17.6. The van der Waals surface area contributed by atoms with Gasteiger partial charge in [0, 0.05) is 12.2 Å². The summed E-state index contributed by atoms with van der Waals surface area (Å²) in [6.45, 7) is 1.01. The molecule has 0 aliphatic carbocycles. The third kappa shape index (κ3) is 5.48. The van der Waals surface area contributed by atoms with Crippen molar-refractivity contribution in [2.75, 3.05) is 17.2 Å². The molecule has 0 fully saturated rings. The van der Waals surface area contributed by atoms with Crippen molar-refractivity contribution in [3.05, 3.63) is 35.9 Å². The number of aromatic amines is 1. The summed E-state index contributed by atoms with van der Waals surface area (Å²) in [5.41, 5.74) is 3.76. The fourth-order valence-corrected chi connectivity index (χ4v) is 3.99. The zero-order valence-corrected chi connectivity index (χ0v) is 17.6. The number of aryl methyl sites for hydroxylation is 2. The Morgan fingerprint density at radius 2 is 2.03 bits per heavy atom. The molecule has 0 radical (unpaired) electrons. The van der Waals surface area contributed by atoms with E-state index in [1.807, 2.05) is 0 Å². The average molecular weight is 424 g/mol. The Hall–Kier alpha value is -3.23. The largest absolute Gasteiger partial charge is 0.480 e. The van der Waals surface area contributed by atoms with Crippen molar-refractivity contribution in [1.82, 2.24) is 25.1 Å². The lowest BCUT2D eigenvalue weighted by molar-refractivity contribution is -0.138. The maximum absolute atomic E-state index is 11.7. The molecule has 164 valence electrons. The molecule has 0 saturated carbocycles. The molecule has 0 aromatic carbocycles. The van der Waals surface area contributed by atoms with Gasteiger partial charge in [0.05, 0.1) is 6.20 Å². The van der Waals surface area contributed by atoms with Crippen molar-refractivity contribution < 1.29 is 9.90 Å². The number of unbranched alkanes of at least 4 members (excludes halogenated alkanes) is 4. The van der Waals surface area contributed by atoms with Crippen LogP contribution < -0.4 is 10.6 Å². The summed E-state index contributed by atoms with van der Waals surface area (Å²) in [6.07, 6.45) is 12.0. The van der Waals surface area contributed by atoms with Gasteiger partial charge in [-0.15, -0.1) is 0 Å². The van der Waals surface area contributed by atoms with Crippen LogP contribution in [0.15, 0.2) is 24.7 Å². The van der Waals surface area contributed by atoms with Crippen LogP contribution in [0.2, 0.25) is 0 Å². The van der Waals surface area contributed by atoms with Crippen LogP contribution in [0.1, 0.15) is 56.2 Å². The number of anilines is 2. The molecule has 9 nitrogen and oxygen atoms in total. The molecule has 0 bridgehead atoms. The minimum absolute atomic E-state index is 0.474. The Labute approximate surface area is 181 Å². The summed E-state index contributed by atoms with van der Waals surface area (Å²) in [6, 6.07) is 3.67. The van der Waals surface area contributed by atoms with E-state index >= 15 is 0 Å². The van der Waals surface area contributed by atoms with E-state index in [1.165, 1.54) is 18.3 Å². The van der Waals surface area contributed by atoms with E-state index in [1.54, 1.807) is 6.20 Å². The van der Waals surface area contributed by atoms with Crippen molar-refractivity contribution >= 4 is 28.6 Å². The highest BCUT2D eigenvalue weighted by molar-refractivity contribution is 5.87. The summed E-state index contributed by atoms with van der Waals surface area (Å²) >= 11 is 0. The Morgan fingerprint density at radius 3 is 2.94 bits per heavy atom. The molecule has 4 rings (SSSR count). The first kappa shape index (κ1) is 21.0. The Bertz CT molecular complexity index is 1020. The van der Waals surface area contributed by atoms with Crippen LogP contribution in [-0.4, -0.2) is 48.8 Å². The number of nitrogens with one attached hydrogen (secondary N) is 3. The number of hydrogen-bond acceptors (Lipinski definition) is 7. The number of carboxylic acid groups (broad SMARTS) is 1. The van der Waals surface area contributed by atoms with Gasteiger partial charge in [-0.3, -0.25) is 5.10 Å². The third-order valence-electron chi connectivity index (χ3n) is 5.73. The fraction of sp³-hybridized carbons (Fsp3) is 0.500. The molecular weight excluding hydrogens is 394 g/mol. The molecule has 31 heavy (non-hydrogen) atoms. The number of fused-ring (bicyclic) bond motifs is 2. The monoisotopic (exact) mass is 423 g/mol. The van der Waals surface area contributed by atoms with Gasteiger partial charge in [0.25, 0.3) is 0 Å². The number of carboxylic acids is 1. The van der Waals surface area contributed by atoms with E-state index in [0.717, 1.165) is 63.0 Å². The molecule has 1 atom stereocenters. The molecule has 3 aromatic heterocycles. The molecule has 3 aromatic rings. The van der Waals surface area contributed by atoms with Crippen molar-refractivity contribution in [1.29, 1.82) is 0 Å². The van der Waals surface area contributed by atoms with Gasteiger partial charge in [0.2, 0.25) is 0 Å². The van der Waals surface area contributed by atoms with Gasteiger partial charge in [-0.1, -0.05) is 31.7 Å². The lowest BCUT2D eigenvalue weighted by Crippen LogP contribution is -2.29. The third-order valence-corrected chi connectivity index (χ3v) is 5.73. The SMILES string of the molecule is O=C(O)C(CCCCCCCc1ccc2c(n1)NCCC2)Nc1ncnc2cn[nH]c12. The molecule has 4 heterocycles.